The second kappa shape index (κ2) is 6.28. The van der Waals surface area contributed by atoms with E-state index >= 15 is 0 Å². The molecule has 0 bridgehead atoms. The quantitative estimate of drug-likeness (QED) is 0.269. The molecule has 0 aliphatic carbocycles. The van der Waals surface area contributed by atoms with Crippen LogP contribution >= 0.6 is 30.4 Å². The van der Waals surface area contributed by atoms with Gasteiger partial charge in [0.25, 0.3) is 5.56 Å². The lowest BCUT2D eigenvalue weighted by atomic mass is 10.2. The smallest absolute Gasteiger partial charge is 0.390 e. The van der Waals surface area contributed by atoms with Crippen molar-refractivity contribution in [3.8, 4) is 0 Å². The van der Waals surface area contributed by atoms with Gasteiger partial charge in [-0.05, 0) is 22.6 Å². The van der Waals surface area contributed by atoms with Crippen LogP contribution in [0.15, 0.2) is 21.9 Å². The third-order valence-corrected chi connectivity index (χ3v) is 4.66. The first-order valence-electron chi connectivity index (χ1n) is 5.70. The van der Waals surface area contributed by atoms with Crippen LogP contribution in [0, 0.1) is 0 Å². The highest BCUT2D eigenvalue weighted by Gasteiger charge is 2.42. The van der Waals surface area contributed by atoms with Crippen molar-refractivity contribution in [2.24, 2.45) is 0 Å². The molecule has 0 aromatic carbocycles. The van der Waals surface area contributed by atoms with E-state index in [-0.39, 0.29) is 6.42 Å². The molecule has 21 heavy (non-hydrogen) atoms. The molecule has 10 nitrogen and oxygen atoms in total. The molecule has 1 aromatic rings. The summed E-state index contributed by atoms with van der Waals surface area (Å²) in [5.41, 5.74) is -1.27. The Kier molecular flexibility index (Phi) is 5.03. The lowest BCUT2D eigenvalue weighted by molar-refractivity contribution is -0.0506. The second-order valence-corrected chi connectivity index (χ2v) is 6.74. The maximum Gasteiger partial charge on any atom is 0.470 e. The van der Waals surface area contributed by atoms with Crippen molar-refractivity contribution in [1.82, 2.24) is 9.55 Å². The van der Waals surface area contributed by atoms with Gasteiger partial charge in [-0.15, -0.1) is 0 Å². The van der Waals surface area contributed by atoms with Crippen molar-refractivity contribution in [2.45, 2.75) is 29.0 Å². The molecule has 2 heterocycles. The van der Waals surface area contributed by atoms with Crippen LogP contribution in [-0.2, 0) is 13.8 Å². The van der Waals surface area contributed by atoms with Gasteiger partial charge in [-0.1, -0.05) is 0 Å². The number of aromatic nitrogens is 2. The molecule has 1 fully saturated rings. The van der Waals surface area contributed by atoms with E-state index in [1.54, 1.807) is 22.6 Å². The Morgan fingerprint density at radius 1 is 1.52 bits per heavy atom. The lowest BCUT2D eigenvalue weighted by Crippen LogP contribution is -2.33. The largest absolute Gasteiger partial charge is 0.470 e. The summed E-state index contributed by atoms with van der Waals surface area (Å²) in [6, 6.07) is 1.12. The van der Waals surface area contributed by atoms with Gasteiger partial charge in [-0.3, -0.25) is 18.9 Å². The van der Waals surface area contributed by atoms with E-state index in [9.17, 15) is 19.3 Å². The number of phosphoric acid groups is 1. The number of nitrogens with zero attached hydrogens (tertiary/aromatic N) is 1. The lowest BCUT2D eigenvalue weighted by Gasteiger charge is -2.21. The van der Waals surface area contributed by atoms with Crippen LogP contribution in [0.1, 0.15) is 12.6 Å². The number of H-pyrrole nitrogens is 1. The minimum absolute atomic E-state index is 0.0145. The molecular weight excluding hydrogens is 422 g/mol. The Bertz CT molecular complexity index is 668. The Morgan fingerprint density at radius 3 is 2.76 bits per heavy atom. The number of aliphatic hydroxyl groups excluding tert-OH is 1. The third-order valence-electron chi connectivity index (χ3n) is 2.79. The summed E-state index contributed by atoms with van der Waals surface area (Å²) in [4.78, 5) is 42.1. The normalized spacial score (nSPS) is 27.7. The number of alkyl halides is 1. The van der Waals surface area contributed by atoms with Gasteiger partial charge in [-0.2, -0.15) is 0 Å². The monoisotopic (exact) mass is 434 g/mol. The maximum absolute atomic E-state index is 11.6. The minimum atomic E-state index is -4.72. The highest BCUT2D eigenvalue weighted by Crippen LogP contribution is 2.43. The Hall–Kier alpha value is -0.560. The zero-order valence-electron chi connectivity index (χ0n) is 10.3. The van der Waals surface area contributed by atoms with E-state index in [2.05, 4.69) is 4.52 Å². The molecule has 0 amide bonds. The number of hydrogen-bond donors (Lipinski definition) is 4. The van der Waals surface area contributed by atoms with E-state index < -0.39 is 41.6 Å². The molecule has 12 heteroatoms. The highest BCUT2D eigenvalue weighted by atomic mass is 127. The number of aliphatic hydroxyl groups is 1. The van der Waals surface area contributed by atoms with Crippen LogP contribution in [0.2, 0.25) is 0 Å². The van der Waals surface area contributed by atoms with Crippen LogP contribution in [0.4, 0.5) is 0 Å². The zero-order valence-corrected chi connectivity index (χ0v) is 13.4. The van der Waals surface area contributed by atoms with Gasteiger partial charge in [0.2, 0.25) is 0 Å². The van der Waals surface area contributed by atoms with E-state index in [0.29, 0.717) is 0 Å². The van der Waals surface area contributed by atoms with Gasteiger partial charge in [0.05, 0.1) is 6.10 Å². The van der Waals surface area contributed by atoms with Gasteiger partial charge < -0.3 is 19.6 Å². The first-order valence-corrected chi connectivity index (χ1v) is 8.48. The van der Waals surface area contributed by atoms with Crippen molar-refractivity contribution in [3.63, 3.8) is 0 Å². The molecule has 1 aromatic heterocycles. The summed E-state index contributed by atoms with van der Waals surface area (Å²) < 4.78 is 20.6. The summed E-state index contributed by atoms with van der Waals surface area (Å²) in [6.07, 6.45) is -1.75. The summed E-state index contributed by atoms with van der Waals surface area (Å²) in [6.45, 7) is 0. The number of halogens is 1. The molecule has 4 atom stereocenters. The zero-order chi connectivity index (χ0) is 15.8. The van der Waals surface area contributed by atoms with Crippen molar-refractivity contribution >= 4 is 30.4 Å². The van der Waals surface area contributed by atoms with Crippen LogP contribution in [0.3, 0.4) is 0 Å². The SMILES string of the molecule is O=c1ccn([C@H]2C[C@H](O)[C@@H](C(I)OP(=O)(O)O)O2)c(=O)[nH]1. The molecule has 0 saturated carbocycles. The van der Waals surface area contributed by atoms with Crippen molar-refractivity contribution in [1.29, 1.82) is 0 Å². The Balaban J connectivity index is 2.15. The molecule has 118 valence electrons. The average molecular weight is 434 g/mol. The van der Waals surface area contributed by atoms with Crippen molar-refractivity contribution in [3.05, 3.63) is 33.1 Å². The van der Waals surface area contributed by atoms with Gasteiger partial charge in [-0.25, -0.2) is 9.36 Å². The van der Waals surface area contributed by atoms with Crippen LogP contribution < -0.4 is 11.2 Å². The fourth-order valence-corrected chi connectivity index (χ4v) is 3.85. The second-order valence-electron chi connectivity index (χ2n) is 4.32. The fourth-order valence-electron chi connectivity index (χ4n) is 1.93. The molecular formula is C9H12IN2O8P. The Morgan fingerprint density at radius 2 is 2.19 bits per heavy atom. The molecule has 1 unspecified atom stereocenters. The summed E-state index contributed by atoms with van der Waals surface area (Å²) in [5.74, 6) is 0. The first-order chi connectivity index (χ1) is 9.67. The summed E-state index contributed by atoms with van der Waals surface area (Å²) >= 11 is 1.58. The van der Waals surface area contributed by atoms with E-state index in [0.717, 1.165) is 10.6 Å². The van der Waals surface area contributed by atoms with E-state index in [1.165, 1.54) is 6.20 Å². The average Bonchev–Trinajstić information content (AvgIpc) is 2.68. The molecule has 2 rings (SSSR count). The van der Waals surface area contributed by atoms with Gasteiger partial charge in [0, 0.05) is 18.7 Å². The first kappa shape index (κ1) is 16.8. The number of phosphoric ester groups is 1. The minimum Gasteiger partial charge on any atom is -0.390 e. The predicted molar refractivity (Wildman–Crippen MR) is 76.8 cm³/mol. The van der Waals surface area contributed by atoms with Crippen molar-refractivity contribution < 1.29 is 28.7 Å². The molecule has 0 radical (unpaired) electrons. The number of aromatic amines is 1. The van der Waals surface area contributed by atoms with Gasteiger partial charge >= 0.3 is 13.5 Å². The molecule has 1 aliphatic heterocycles. The molecule has 0 spiro atoms. The number of ether oxygens (including phenoxy) is 1. The maximum atomic E-state index is 11.6. The molecule has 4 N–H and O–H groups in total. The van der Waals surface area contributed by atoms with Gasteiger partial charge in [0.15, 0.2) is 0 Å². The van der Waals surface area contributed by atoms with Crippen LogP contribution in [-0.4, -0.2) is 40.8 Å². The standard InChI is InChI=1S/C9H12IN2O8P/c10-8(20-21(16,17)18)7-4(13)3-6(19-7)12-2-1-5(14)11-9(12)15/h1-2,4,6-8,13H,3H2,(H,11,14,15)(H2,16,17,18)/t4-,6+,7-,8?/m0/s1. The van der Waals surface area contributed by atoms with Crippen molar-refractivity contribution in [2.75, 3.05) is 0 Å². The predicted octanol–water partition coefficient (Wildman–Crippen LogP) is -0.945. The summed E-state index contributed by atoms with van der Waals surface area (Å²) in [5, 5.41) is 9.88. The van der Waals surface area contributed by atoms with Crippen LogP contribution in [0.5, 0.6) is 0 Å². The van der Waals surface area contributed by atoms with E-state index in [1.807, 2.05) is 4.98 Å². The Labute approximate surface area is 131 Å². The number of hydrogen-bond acceptors (Lipinski definition) is 6. The van der Waals surface area contributed by atoms with E-state index in [4.69, 9.17) is 14.5 Å². The fraction of sp³-hybridized carbons (Fsp3) is 0.556. The number of rotatable bonds is 4. The molecule has 1 saturated heterocycles. The van der Waals surface area contributed by atoms with Crippen LogP contribution in [0.25, 0.3) is 0 Å². The molecule has 1 aliphatic rings. The topological polar surface area (TPSA) is 151 Å². The summed E-state index contributed by atoms with van der Waals surface area (Å²) in [7, 11) is -4.72. The highest BCUT2D eigenvalue weighted by molar-refractivity contribution is 14.1. The van der Waals surface area contributed by atoms with Gasteiger partial charge in [0.1, 0.15) is 16.4 Å². The third kappa shape index (κ3) is 4.22. The number of nitrogens with one attached hydrogen (secondary N) is 1.